The van der Waals surface area contributed by atoms with Crippen LogP contribution in [0.3, 0.4) is 0 Å². The van der Waals surface area contributed by atoms with Crippen molar-refractivity contribution in [2.24, 2.45) is 0 Å². The first-order valence-electron chi connectivity index (χ1n) is 9.06. The number of carbonyl (C=O) groups is 1. The van der Waals surface area contributed by atoms with Crippen LogP contribution in [0.25, 0.3) is 5.70 Å². The maximum absolute atomic E-state index is 13.2. The summed E-state index contributed by atoms with van der Waals surface area (Å²) in [5.74, 6) is 0.459. The van der Waals surface area contributed by atoms with Gasteiger partial charge in [-0.3, -0.25) is 15.1 Å². The molecule has 4 rings (SSSR count). The third-order valence-corrected chi connectivity index (χ3v) is 5.36. The van der Waals surface area contributed by atoms with Crippen LogP contribution in [-0.2, 0) is 6.54 Å². The Morgan fingerprint density at radius 1 is 1.25 bits per heavy atom. The number of rotatable bonds is 2. The molecule has 2 aliphatic heterocycles. The largest absolute Gasteiger partial charge is 0.481 e. The van der Waals surface area contributed by atoms with Crippen LogP contribution in [0.1, 0.15) is 46.5 Å². The fourth-order valence-electron chi connectivity index (χ4n) is 4.15. The Morgan fingerprint density at radius 2 is 1.96 bits per heavy atom. The van der Waals surface area contributed by atoms with Gasteiger partial charge >= 0.3 is 0 Å². The first-order valence-corrected chi connectivity index (χ1v) is 9.06. The Hall–Kier alpha value is -3.30. The molecule has 0 fully saturated rings. The molecule has 1 amide bonds. The molecule has 0 aromatic heterocycles. The number of amides is 1. The molecule has 1 N–H and O–H groups in total. The Bertz CT molecular complexity index is 1080. The lowest BCUT2D eigenvalue weighted by molar-refractivity contribution is -0.0636. The minimum atomic E-state index is -0.874. The number of ether oxygens (including phenoxy) is 1. The number of fused-ring (bicyclic) bond motifs is 2. The average Bonchev–Trinajstić information content (AvgIpc) is 2.97. The van der Waals surface area contributed by atoms with Crippen molar-refractivity contribution in [3.05, 3.63) is 69.9 Å². The fourth-order valence-corrected chi connectivity index (χ4v) is 4.15. The smallest absolute Gasteiger partial charge is 0.259 e. The molecule has 6 nitrogen and oxygen atoms in total. The molecular weight excluding hydrogens is 354 g/mol. The molecule has 28 heavy (non-hydrogen) atoms. The van der Waals surface area contributed by atoms with Crippen molar-refractivity contribution in [1.82, 2.24) is 9.96 Å². The molecule has 2 aliphatic rings. The van der Waals surface area contributed by atoms with E-state index in [1.807, 2.05) is 45.0 Å². The zero-order valence-electron chi connectivity index (χ0n) is 16.3. The van der Waals surface area contributed by atoms with Gasteiger partial charge in [-0.1, -0.05) is 18.2 Å². The first-order chi connectivity index (χ1) is 13.3. The van der Waals surface area contributed by atoms with Gasteiger partial charge in [-0.25, -0.2) is 0 Å². The van der Waals surface area contributed by atoms with Crippen LogP contribution in [0.15, 0.2) is 42.1 Å². The molecule has 0 bridgehead atoms. The van der Waals surface area contributed by atoms with Gasteiger partial charge in [-0.05, 0) is 50.1 Å². The maximum Gasteiger partial charge on any atom is 0.259 e. The van der Waals surface area contributed by atoms with Crippen LogP contribution in [0.5, 0.6) is 5.75 Å². The number of nitrogens with zero attached hydrogens (tertiary/aromatic N) is 3. The number of hydroxylamine groups is 2. The van der Waals surface area contributed by atoms with Crippen molar-refractivity contribution in [2.45, 2.75) is 32.9 Å². The van der Waals surface area contributed by atoms with Crippen molar-refractivity contribution >= 4 is 11.6 Å². The molecule has 0 aliphatic carbocycles. The van der Waals surface area contributed by atoms with Crippen molar-refractivity contribution in [3.63, 3.8) is 0 Å². The van der Waals surface area contributed by atoms with Gasteiger partial charge in [0.1, 0.15) is 17.0 Å². The summed E-state index contributed by atoms with van der Waals surface area (Å²) >= 11 is 0. The molecule has 6 heteroatoms. The number of hydrogen-bond acceptors (Lipinski definition) is 5. The Kier molecular flexibility index (Phi) is 3.95. The predicted octanol–water partition coefficient (Wildman–Crippen LogP) is 3.68. The van der Waals surface area contributed by atoms with Crippen LogP contribution >= 0.6 is 0 Å². The molecule has 2 aromatic rings. The lowest BCUT2D eigenvalue weighted by Crippen LogP contribution is -2.44. The van der Waals surface area contributed by atoms with Crippen LogP contribution in [0.4, 0.5) is 0 Å². The summed E-state index contributed by atoms with van der Waals surface area (Å²) < 4.78 is 6.17. The number of carbonyl (C=O) groups excluding carboxylic acids is 1. The second-order valence-corrected chi connectivity index (χ2v) is 7.60. The first kappa shape index (κ1) is 18.1. The van der Waals surface area contributed by atoms with Gasteiger partial charge in [0, 0.05) is 18.2 Å². The zero-order chi connectivity index (χ0) is 20.2. The molecule has 0 unspecified atom stereocenters. The van der Waals surface area contributed by atoms with Crippen molar-refractivity contribution in [1.29, 1.82) is 5.26 Å². The topological polar surface area (TPSA) is 76.8 Å². The predicted molar refractivity (Wildman–Crippen MR) is 103 cm³/mol. The molecule has 142 valence electrons. The molecule has 0 saturated carbocycles. The number of benzene rings is 2. The number of hydrogen-bond donors (Lipinski definition) is 1. The van der Waals surface area contributed by atoms with Crippen molar-refractivity contribution < 1.29 is 14.7 Å². The van der Waals surface area contributed by atoms with Crippen molar-refractivity contribution in [2.75, 3.05) is 7.05 Å². The van der Waals surface area contributed by atoms with E-state index in [4.69, 9.17) is 4.74 Å². The van der Waals surface area contributed by atoms with E-state index in [9.17, 15) is 15.3 Å². The SMILES string of the molecule is Cc1c(C#N)ccc2c1C(N1Cc3ccccc3C1=O)=C(N(C)O)C(C)(C)O2. The summed E-state index contributed by atoms with van der Waals surface area (Å²) in [6.45, 7) is 5.92. The van der Waals surface area contributed by atoms with Gasteiger partial charge in [-0.2, -0.15) is 5.26 Å². The maximum atomic E-state index is 13.2. The zero-order valence-corrected chi connectivity index (χ0v) is 16.3. The van der Waals surface area contributed by atoms with Gasteiger partial charge in [-0.15, -0.1) is 0 Å². The van der Waals surface area contributed by atoms with E-state index in [0.717, 1.165) is 10.6 Å². The highest BCUT2D eigenvalue weighted by Gasteiger charge is 2.43. The van der Waals surface area contributed by atoms with Gasteiger partial charge in [0.05, 0.1) is 23.9 Å². The molecule has 0 spiro atoms. The highest BCUT2D eigenvalue weighted by molar-refractivity contribution is 6.04. The minimum absolute atomic E-state index is 0.129. The minimum Gasteiger partial charge on any atom is -0.481 e. The Balaban J connectivity index is 2.02. The Labute approximate surface area is 163 Å². The fraction of sp³-hybridized carbons (Fsp3) is 0.273. The van der Waals surface area contributed by atoms with Crippen LogP contribution in [-0.4, -0.2) is 33.7 Å². The molecule has 0 radical (unpaired) electrons. The van der Waals surface area contributed by atoms with E-state index in [1.165, 1.54) is 7.05 Å². The molecule has 2 heterocycles. The second kappa shape index (κ2) is 6.11. The van der Waals surface area contributed by atoms with Crippen LogP contribution in [0.2, 0.25) is 0 Å². The number of likely N-dealkylation sites (N-methyl/N-ethyl adjacent to an activating group) is 1. The van der Waals surface area contributed by atoms with E-state index in [2.05, 4.69) is 6.07 Å². The molecule has 0 saturated heterocycles. The van der Waals surface area contributed by atoms with E-state index >= 15 is 0 Å². The average molecular weight is 375 g/mol. The normalized spacial score (nSPS) is 17.0. The second-order valence-electron chi connectivity index (χ2n) is 7.60. The quantitative estimate of drug-likeness (QED) is 0.810. The summed E-state index contributed by atoms with van der Waals surface area (Å²) in [6.07, 6.45) is 0. The van der Waals surface area contributed by atoms with Gasteiger partial charge < -0.3 is 9.64 Å². The molecule has 0 atom stereocenters. The standard InChI is InChI=1S/C22H21N3O3/c1-13-14(11-23)9-10-17-18(13)19(20(24(4)27)22(2,3)28-17)25-12-15-7-5-6-8-16(15)21(25)26/h5-10,27H,12H2,1-4H3. The lowest BCUT2D eigenvalue weighted by Gasteiger charge is -2.41. The number of nitriles is 1. The third kappa shape index (κ3) is 2.48. The van der Waals surface area contributed by atoms with E-state index in [-0.39, 0.29) is 5.91 Å². The van der Waals surface area contributed by atoms with Crippen LogP contribution < -0.4 is 4.74 Å². The third-order valence-electron chi connectivity index (χ3n) is 5.36. The van der Waals surface area contributed by atoms with E-state index in [1.54, 1.807) is 17.0 Å². The summed E-state index contributed by atoms with van der Waals surface area (Å²) in [5, 5.41) is 21.0. The van der Waals surface area contributed by atoms with Gasteiger partial charge in [0.15, 0.2) is 0 Å². The van der Waals surface area contributed by atoms with Crippen LogP contribution in [0, 0.1) is 18.3 Å². The summed E-state index contributed by atoms with van der Waals surface area (Å²) in [5.41, 5.74) is 3.63. The molecule has 2 aromatic carbocycles. The highest BCUT2D eigenvalue weighted by Crippen LogP contribution is 2.47. The van der Waals surface area contributed by atoms with Gasteiger partial charge in [0.2, 0.25) is 0 Å². The van der Waals surface area contributed by atoms with E-state index < -0.39 is 5.60 Å². The van der Waals surface area contributed by atoms with E-state index in [0.29, 0.717) is 45.9 Å². The lowest BCUT2D eigenvalue weighted by atomic mass is 9.89. The summed E-state index contributed by atoms with van der Waals surface area (Å²) in [4.78, 5) is 14.9. The Morgan fingerprint density at radius 3 is 2.61 bits per heavy atom. The van der Waals surface area contributed by atoms with Crippen molar-refractivity contribution in [3.8, 4) is 11.8 Å². The van der Waals surface area contributed by atoms with Gasteiger partial charge in [0.25, 0.3) is 5.91 Å². The summed E-state index contributed by atoms with van der Waals surface area (Å²) in [6, 6.07) is 13.2. The molecular formula is C22H21N3O3. The monoisotopic (exact) mass is 375 g/mol. The highest BCUT2D eigenvalue weighted by atomic mass is 16.5. The summed E-state index contributed by atoms with van der Waals surface area (Å²) in [7, 11) is 1.52.